The van der Waals surface area contributed by atoms with Crippen LogP contribution in [0.1, 0.15) is 36.3 Å². The molecule has 10 nitrogen and oxygen atoms in total. The van der Waals surface area contributed by atoms with Crippen molar-refractivity contribution in [3.05, 3.63) is 11.6 Å². The maximum Gasteiger partial charge on any atom is 0.225 e. The molecule has 8 N–H and O–H groups in total. The minimum Gasteiger partial charge on any atom is -0.368 e. The average Bonchev–Trinajstić information content (AvgIpc) is 2.23. The van der Waals surface area contributed by atoms with Crippen molar-refractivity contribution in [1.82, 2.24) is 29.9 Å². The number of rotatable bonds is 2. The summed E-state index contributed by atoms with van der Waals surface area (Å²) in [6.45, 7) is 0. The predicted molar refractivity (Wildman–Crippen MR) is 72.0 cm³/mol. The third-order valence-electron chi connectivity index (χ3n) is 3.31. The summed E-state index contributed by atoms with van der Waals surface area (Å²) in [7, 11) is 0. The van der Waals surface area contributed by atoms with Gasteiger partial charge in [0.05, 0.1) is 0 Å². The summed E-state index contributed by atoms with van der Waals surface area (Å²) in [5.41, 5.74) is 22.3. The zero-order valence-electron chi connectivity index (χ0n) is 10.6. The molecule has 1 aliphatic carbocycles. The molecule has 20 heavy (non-hydrogen) atoms. The molecular formula is C10H14N10. The molecule has 2 heterocycles. The van der Waals surface area contributed by atoms with E-state index >= 15 is 0 Å². The van der Waals surface area contributed by atoms with E-state index in [1.807, 2.05) is 0 Å². The molecule has 0 amide bonds. The monoisotopic (exact) mass is 274 g/mol. The number of hydrogen-bond donors (Lipinski definition) is 4. The Balaban J connectivity index is 1.92. The Bertz CT molecular complexity index is 558. The van der Waals surface area contributed by atoms with E-state index in [0.29, 0.717) is 11.6 Å². The van der Waals surface area contributed by atoms with E-state index in [0.717, 1.165) is 12.8 Å². The largest absolute Gasteiger partial charge is 0.368 e. The Morgan fingerprint density at radius 3 is 1.10 bits per heavy atom. The summed E-state index contributed by atoms with van der Waals surface area (Å²) in [6.07, 6.45) is 1.78. The first-order valence-corrected chi connectivity index (χ1v) is 6.07. The maximum absolute atomic E-state index is 5.58. The highest BCUT2D eigenvalue weighted by Gasteiger charge is 2.38. The smallest absolute Gasteiger partial charge is 0.225 e. The molecule has 1 fully saturated rings. The zero-order chi connectivity index (χ0) is 14.3. The minimum absolute atomic E-state index is 0.0313. The van der Waals surface area contributed by atoms with Crippen molar-refractivity contribution >= 4 is 23.8 Å². The summed E-state index contributed by atoms with van der Waals surface area (Å²) in [4.78, 5) is 24.0. The fraction of sp³-hybridized carbons (Fsp3) is 0.400. The molecule has 1 aliphatic rings. The lowest BCUT2D eigenvalue weighted by atomic mass is 9.72. The van der Waals surface area contributed by atoms with Crippen molar-refractivity contribution < 1.29 is 0 Å². The van der Waals surface area contributed by atoms with Crippen molar-refractivity contribution in [2.75, 3.05) is 22.9 Å². The lowest BCUT2D eigenvalue weighted by Gasteiger charge is -2.34. The van der Waals surface area contributed by atoms with Crippen molar-refractivity contribution in [1.29, 1.82) is 0 Å². The molecule has 3 rings (SSSR count). The van der Waals surface area contributed by atoms with Gasteiger partial charge >= 0.3 is 0 Å². The van der Waals surface area contributed by atoms with E-state index in [-0.39, 0.29) is 35.6 Å². The minimum atomic E-state index is 0.0313. The van der Waals surface area contributed by atoms with E-state index < -0.39 is 0 Å². The van der Waals surface area contributed by atoms with Crippen molar-refractivity contribution in [3.63, 3.8) is 0 Å². The van der Waals surface area contributed by atoms with Crippen LogP contribution in [-0.4, -0.2) is 29.9 Å². The van der Waals surface area contributed by atoms with Gasteiger partial charge in [-0.25, -0.2) is 0 Å². The number of hydrogen-bond acceptors (Lipinski definition) is 10. The van der Waals surface area contributed by atoms with E-state index in [4.69, 9.17) is 22.9 Å². The molecule has 104 valence electrons. The fourth-order valence-electron chi connectivity index (χ4n) is 2.30. The molecule has 0 aliphatic heterocycles. The van der Waals surface area contributed by atoms with E-state index in [1.54, 1.807) is 0 Å². The first-order chi connectivity index (χ1) is 9.52. The topological polar surface area (TPSA) is 181 Å². The van der Waals surface area contributed by atoms with Gasteiger partial charge in [-0.2, -0.15) is 29.9 Å². The van der Waals surface area contributed by atoms with Gasteiger partial charge in [-0.15, -0.1) is 0 Å². The van der Waals surface area contributed by atoms with Crippen LogP contribution in [0.2, 0.25) is 0 Å². The van der Waals surface area contributed by atoms with Crippen molar-refractivity contribution in [3.8, 4) is 0 Å². The van der Waals surface area contributed by atoms with Crippen LogP contribution in [0, 0.1) is 0 Å². The second kappa shape index (κ2) is 4.40. The summed E-state index contributed by atoms with van der Waals surface area (Å²) in [5, 5.41) is 0. The first kappa shape index (κ1) is 12.3. The molecule has 0 bridgehead atoms. The van der Waals surface area contributed by atoms with Crippen LogP contribution in [0.4, 0.5) is 23.8 Å². The zero-order valence-corrected chi connectivity index (χ0v) is 10.6. The lowest BCUT2D eigenvalue weighted by Crippen LogP contribution is -2.27. The highest BCUT2D eigenvalue weighted by Crippen LogP contribution is 2.47. The molecule has 2 atom stereocenters. The number of nitrogen functional groups attached to an aromatic ring is 4. The Morgan fingerprint density at radius 2 is 0.850 bits per heavy atom. The summed E-state index contributed by atoms with van der Waals surface area (Å²) < 4.78 is 0. The third kappa shape index (κ3) is 2.11. The van der Waals surface area contributed by atoms with Gasteiger partial charge in [0, 0.05) is 11.8 Å². The van der Waals surface area contributed by atoms with Crippen LogP contribution in [0.5, 0.6) is 0 Å². The van der Waals surface area contributed by atoms with Crippen LogP contribution >= 0.6 is 0 Å². The van der Waals surface area contributed by atoms with Gasteiger partial charge < -0.3 is 22.9 Å². The molecular weight excluding hydrogens is 260 g/mol. The molecule has 2 aromatic rings. The van der Waals surface area contributed by atoms with Crippen LogP contribution in [0.15, 0.2) is 0 Å². The van der Waals surface area contributed by atoms with Gasteiger partial charge in [-0.05, 0) is 12.8 Å². The summed E-state index contributed by atoms with van der Waals surface area (Å²) in [6, 6.07) is 0. The molecule has 0 spiro atoms. The standard InChI is InChI=1S/C10H14N10/c11-7-15-5(16-8(12)19-7)3-1-2-4(3)6-17-9(13)20-10(14)18-6/h3-4H,1-2H2,(H4,11,12,15,16,19)(H4,13,14,17,18,20)/t3-,4-/m0/s1. The van der Waals surface area contributed by atoms with E-state index in [9.17, 15) is 0 Å². The number of nitrogens with two attached hydrogens (primary N) is 4. The molecule has 0 aromatic carbocycles. The highest BCUT2D eigenvalue weighted by molar-refractivity contribution is 5.32. The Morgan fingerprint density at radius 1 is 0.550 bits per heavy atom. The third-order valence-corrected chi connectivity index (χ3v) is 3.31. The van der Waals surface area contributed by atoms with Crippen molar-refractivity contribution in [2.24, 2.45) is 0 Å². The average molecular weight is 274 g/mol. The SMILES string of the molecule is Nc1nc(N)nc([C@H]2CC[C@@H]2c2nc(N)nc(N)n2)n1. The Labute approximate surface area is 114 Å². The fourth-order valence-corrected chi connectivity index (χ4v) is 2.30. The normalized spacial score (nSPS) is 21.4. The van der Waals surface area contributed by atoms with Gasteiger partial charge in [0.15, 0.2) is 0 Å². The predicted octanol–water partition coefficient (Wildman–Crippen LogP) is -0.953. The molecule has 1 saturated carbocycles. The number of anilines is 4. The van der Waals surface area contributed by atoms with Gasteiger partial charge in [-0.1, -0.05) is 0 Å². The van der Waals surface area contributed by atoms with E-state index in [1.165, 1.54) is 0 Å². The van der Waals surface area contributed by atoms with Crippen molar-refractivity contribution in [2.45, 2.75) is 24.7 Å². The van der Waals surface area contributed by atoms with Crippen LogP contribution in [0.25, 0.3) is 0 Å². The molecule has 0 unspecified atom stereocenters. The molecule has 2 aromatic heterocycles. The second-order valence-corrected chi connectivity index (χ2v) is 4.61. The molecule has 10 heteroatoms. The maximum atomic E-state index is 5.58. The quantitative estimate of drug-likeness (QED) is 0.532. The van der Waals surface area contributed by atoms with Crippen LogP contribution < -0.4 is 22.9 Å². The Kier molecular flexibility index (Phi) is 2.70. The lowest BCUT2D eigenvalue weighted by molar-refractivity contribution is 0.319. The van der Waals surface area contributed by atoms with Gasteiger partial charge in [-0.3, -0.25) is 0 Å². The second-order valence-electron chi connectivity index (χ2n) is 4.61. The molecule has 0 saturated heterocycles. The van der Waals surface area contributed by atoms with Crippen LogP contribution in [0.3, 0.4) is 0 Å². The van der Waals surface area contributed by atoms with Gasteiger partial charge in [0.2, 0.25) is 23.8 Å². The Hall–Kier alpha value is -2.78. The summed E-state index contributed by atoms with van der Waals surface area (Å²) in [5.74, 6) is 1.57. The first-order valence-electron chi connectivity index (χ1n) is 6.07. The number of nitrogens with zero attached hydrogens (tertiary/aromatic N) is 6. The summed E-state index contributed by atoms with van der Waals surface area (Å²) >= 11 is 0. The highest BCUT2D eigenvalue weighted by atomic mass is 15.2. The van der Waals surface area contributed by atoms with E-state index in [2.05, 4.69) is 29.9 Å². The molecule has 0 radical (unpaired) electrons. The van der Waals surface area contributed by atoms with Crippen LogP contribution in [-0.2, 0) is 0 Å². The number of aromatic nitrogens is 6. The van der Waals surface area contributed by atoms with Gasteiger partial charge in [0.25, 0.3) is 0 Å². The van der Waals surface area contributed by atoms with Gasteiger partial charge in [0.1, 0.15) is 11.6 Å².